The number of aliphatic carboxylic acids is 1. The average molecular weight is 215 g/mol. The van der Waals surface area contributed by atoms with Crippen molar-refractivity contribution in [2.24, 2.45) is 0 Å². The van der Waals surface area contributed by atoms with E-state index >= 15 is 0 Å². The van der Waals surface area contributed by atoms with Gasteiger partial charge in [0, 0.05) is 19.2 Å². The van der Waals surface area contributed by atoms with E-state index in [4.69, 9.17) is 9.84 Å². The zero-order valence-corrected chi connectivity index (χ0v) is 9.61. The fourth-order valence-corrected chi connectivity index (χ4v) is 1.80. The molecule has 1 aliphatic rings. The Morgan fingerprint density at radius 3 is 2.60 bits per heavy atom. The molecule has 0 bridgehead atoms. The smallest absolute Gasteiger partial charge is 0.332 e. The highest BCUT2D eigenvalue weighted by Gasteiger charge is 2.28. The van der Waals surface area contributed by atoms with Crippen LogP contribution in [0.2, 0.25) is 0 Å². The van der Waals surface area contributed by atoms with Crippen molar-refractivity contribution in [3.63, 3.8) is 0 Å². The highest BCUT2D eigenvalue weighted by atomic mass is 16.5. The van der Waals surface area contributed by atoms with E-state index in [2.05, 4.69) is 11.8 Å². The van der Waals surface area contributed by atoms with Gasteiger partial charge in [-0.1, -0.05) is 6.92 Å². The fourth-order valence-electron chi connectivity index (χ4n) is 1.80. The molecule has 0 aliphatic heterocycles. The van der Waals surface area contributed by atoms with Gasteiger partial charge in [-0.3, -0.25) is 0 Å². The summed E-state index contributed by atoms with van der Waals surface area (Å²) in [7, 11) is 0. The minimum absolute atomic E-state index is 0.465. The maximum atomic E-state index is 10.8. The van der Waals surface area contributed by atoms with Crippen LogP contribution in [0.15, 0.2) is 0 Å². The van der Waals surface area contributed by atoms with Crippen LogP contribution in [0.4, 0.5) is 0 Å². The van der Waals surface area contributed by atoms with Crippen molar-refractivity contribution in [2.45, 2.75) is 45.3 Å². The van der Waals surface area contributed by atoms with Gasteiger partial charge < -0.3 is 14.7 Å². The van der Waals surface area contributed by atoms with Crippen molar-refractivity contribution in [1.82, 2.24) is 4.90 Å². The number of hydrogen-bond acceptors (Lipinski definition) is 3. The van der Waals surface area contributed by atoms with Gasteiger partial charge in [-0.15, -0.1) is 0 Å². The maximum absolute atomic E-state index is 10.8. The van der Waals surface area contributed by atoms with Crippen LogP contribution >= 0.6 is 0 Å². The second-order valence-corrected chi connectivity index (χ2v) is 3.93. The summed E-state index contributed by atoms with van der Waals surface area (Å²) in [6.45, 7) is 6.25. The molecular weight excluding hydrogens is 194 g/mol. The minimum atomic E-state index is -0.844. The van der Waals surface area contributed by atoms with Crippen molar-refractivity contribution in [1.29, 1.82) is 0 Å². The molecule has 1 aliphatic carbocycles. The van der Waals surface area contributed by atoms with Crippen molar-refractivity contribution < 1.29 is 14.6 Å². The number of hydrogen-bond donors (Lipinski definition) is 1. The predicted molar refractivity (Wildman–Crippen MR) is 57.9 cm³/mol. The number of carboxylic acid groups (broad SMARTS) is 1. The third-order valence-electron chi connectivity index (χ3n) is 2.79. The van der Waals surface area contributed by atoms with Crippen molar-refractivity contribution in [2.75, 3.05) is 19.7 Å². The number of ether oxygens (including phenoxy) is 1. The van der Waals surface area contributed by atoms with Gasteiger partial charge in [0.25, 0.3) is 0 Å². The third kappa shape index (κ3) is 4.18. The van der Waals surface area contributed by atoms with E-state index in [1.54, 1.807) is 0 Å². The summed E-state index contributed by atoms with van der Waals surface area (Å²) >= 11 is 0. The Kier molecular flexibility index (Phi) is 5.05. The highest BCUT2D eigenvalue weighted by Crippen LogP contribution is 2.26. The molecule has 1 unspecified atom stereocenters. The summed E-state index contributed by atoms with van der Waals surface area (Å²) in [6.07, 6.45) is 2.48. The quantitative estimate of drug-likeness (QED) is 0.664. The van der Waals surface area contributed by atoms with Crippen LogP contribution in [0.3, 0.4) is 0 Å². The Balaban J connectivity index is 2.27. The van der Waals surface area contributed by atoms with Gasteiger partial charge in [0.15, 0.2) is 6.10 Å². The molecule has 0 heterocycles. The van der Waals surface area contributed by atoms with Crippen molar-refractivity contribution in [3.05, 3.63) is 0 Å². The molecule has 0 aromatic carbocycles. The van der Waals surface area contributed by atoms with Crippen LogP contribution in [0.25, 0.3) is 0 Å². The highest BCUT2D eigenvalue weighted by molar-refractivity contribution is 5.72. The van der Waals surface area contributed by atoms with Crippen LogP contribution in [0, 0.1) is 0 Å². The molecule has 0 amide bonds. The SMILES string of the molecule is CCOC(CCN(CC)C1CC1)C(=O)O. The fraction of sp³-hybridized carbons (Fsp3) is 0.909. The van der Waals surface area contributed by atoms with Crippen LogP contribution in [0.1, 0.15) is 33.1 Å². The summed E-state index contributed by atoms with van der Waals surface area (Å²) in [5, 5.41) is 8.90. The second kappa shape index (κ2) is 6.08. The Morgan fingerprint density at radius 1 is 1.53 bits per heavy atom. The lowest BCUT2D eigenvalue weighted by atomic mass is 10.2. The summed E-state index contributed by atoms with van der Waals surface area (Å²) in [4.78, 5) is 13.2. The molecule has 15 heavy (non-hydrogen) atoms. The van der Waals surface area contributed by atoms with E-state index in [0.717, 1.165) is 13.1 Å². The Morgan fingerprint density at radius 2 is 2.20 bits per heavy atom. The van der Waals surface area contributed by atoms with E-state index in [1.165, 1.54) is 12.8 Å². The van der Waals surface area contributed by atoms with E-state index < -0.39 is 12.1 Å². The van der Waals surface area contributed by atoms with Gasteiger partial charge in [0.05, 0.1) is 0 Å². The molecule has 4 heteroatoms. The molecule has 1 fully saturated rings. The normalized spacial score (nSPS) is 18.1. The molecule has 1 atom stereocenters. The van der Waals surface area contributed by atoms with Crippen LogP contribution in [0.5, 0.6) is 0 Å². The van der Waals surface area contributed by atoms with Crippen LogP contribution in [-0.4, -0.2) is 47.8 Å². The number of nitrogens with zero attached hydrogens (tertiary/aromatic N) is 1. The number of rotatable bonds is 8. The molecule has 1 rings (SSSR count). The molecule has 0 aromatic heterocycles. The van der Waals surface area contributed by atoms with Gasteiger partial charge >= 0.3 is 5.97 Å². The van der Waals surface area contributed by atoms with Gasteiger partial charge in [-0.25, -0.2) is 4.79 Å². The Labute approximate surface area is 91.2 Å². The van der Waals surface area contributed by atoms with Gasteiger partial charge in [-0.2, -0.15) is 0 Å². The first-order chi connectivity index (χ1) is 7.19. The standard InChI is InChI=1S/C11H21NO3/c1-3-12(9-5-6-9)8-7-10(11(13)14)15-4-2/h9-10H,3-8H2,1-2H3,(H,13,14). The Hall–Kier alpha value is -0.610. The van der Waals surface area contributed by atoms with Crippen LogP contribution < -0.4 is 0 Å². The number of carbonyl (C=O) groups is 1. The van der Waals surface area contributed by atoms with Crippen molar-refractivity contribution >= 4 is 5.97 Å². The molecule has 4 nitrogen and oxygen atoms in total. The van der Waals surface area contributed by atoms with E-state index in [1.807, 2.05) is 6.92 Å². The summed E-state index contributed by atoms with van der Waals surface area (Å²) in [5.41, 5.74) is 0. The molecule has 1 saturated carbocycles. The molecular formula is C11H21NO3. The second-order valence-electron chi connectivity index (χ2n) is 3.93. The first-order valence-corrected chi connectivity index (χ1v) is 5.77. The average Bonchev–Trinajstić information content (AvgIpc) is 3.00. The molecule has 0 aromatic rings. The predicted octanol–water partition coefficient (Wildman–Crippen LogP) is 1.35. The van der Waals surface area contributed by atoms with E-state index in [9.17, 15) is 4.79 Å². The molecule has 88 valence electrons. The summed E-state index contributed by atoms with van der Waals surface area (Å²) < 4.78 is 5.17. The van der Waals surface area contributed by atoms with Gasteiger partial charge in [0.2, 0.25) is 0 Å². The van der Waals surface area contributed by atoms with Crippen molar-refractivity contribution in [3.8, 4) is 0 Å². The summed E-state index contributed by atoms with van der Waals surface area (Å²) in [6, 6.07) is 0.700. The zero-order chi connectivity index (χ0) is 11.3. The maximum Gasteiger partial charge on any atom is 0.332 e. The molecule has 0 spiro atoms. The Bertz CT molecular complexity index is 204. The topological polar surface area (TPSA) is 49.8 Å². The van der Waals surface area contributed by atoms with E-state index in [-0.39, 0.29) is 0 Å². The first kappa shape index (κ1) is 12.5. The third-order valence-corrected chi connectivity index (χ3v) is 2.79. The van der Waals surface area contributed by atoms with Crippen LogP contribution in [-0.2, 0) is 9.53 Å². The monoisotopic (exact) mass is 215 g/mol. The molecule has 0 saturated heterocycles. The van der Waals surface area contributed by atoms with Gasteiger partial charge in [-0.05, 0) is 32.7 Å². The van der Waals surface area contributed by atoms with E-state index in [0.29, 0.717) is 19.1 Å². The first-order valence-electron chi connectivity index (χ1n) is 5.77. The number of carboxylic acids is 1. The lowest BCUT2D eigenvalue weighted by molar-refractivity contribution is -0.150. The zero-order valence-electron chi connectivity index (χ0n) is 9.61. The lowest BCUT2D eigenvalue weighted by Gasteiger charge is -2.21. The lowest BCUT2D eigenvalue weighted by Crippen LogP contribution is -2.33. The largest absolute Gasteiger partial charge is 0.479 e. The molecule has 1 N–H and O–H groups in total. The van der Waals surface area contributed by atoms with Gasteiger partial charge in [0.1, 0.15) is 0 Å². The summed E-state index contributed by atoms with van der Waals surface area (Å²) in [5.74, 6) is -0.844. The minimum Gasteiger partial charge on any atom is -0.479 e. The molecule has 0 radical (unpaired) electrons.